The summed E-state index contributed by atoms with van der Waals surface area (Å²) in [6.45, 7) is 0. The van der Waals surface area contributed by atoms with Crippen molar-refractivity contribution in [3.8, 4) is 11.4 Å². The van der Waals surface area contributed by atoms with Gasteiger partial charge < -0.3 is 5.32 Å². The van der Waals surface area contributed by atoms with E-state index in [0.717, 1.165) is 11.4 Å². The minimum absolute atomic E-state index is 0.553. The number of aryl methyl sites for hydroxylation is 1. The maximum Gasteiger partial charge on any atom is 0.242 e. The Hall–Kier alpha value is -1.85. The van der Waals surface area contributed by atoms with Crippen molar-refractivity contribution in [1.29, 1.82) is 0 Å². The van der Waals surface area contributed by atoms with Crippen molar-refractivity contribution >= 4 is 5.95 Å². The molecule has 0 atom stereocenters. The maximum atomic E-state index is 4.38. The molecule has 0 saturated heterocycles. The van der Waals surface area contributed by atoms with Crippen LogP contribution in [0.3, 0.4) is 0 Å². The zero-order valence-electron chi connectivity index (χ0n) is 9.14. The number of hydrogen-bond donors (Lipinski definition) is 2. The number of aromatic nitrogens is 5. The first-order valence-electron chi connectivity index (χ1n) is 5.49. The summed E-state index contributed by atoms with van der Waals surface area (Å²) in [5, 5.41) is 14.4. The van der Waals surface area contributed by atoms with Gasteiger partial charge in [-0.3, -0.25) is 9.78 Å². The van der Waals surface area contributed by atoms with Gasteiger partial charge in [-0.2, -0.15) is 10.1 Å². The molecule has 1 fully saturated rings. The largest absolute Gasteiger partial charge is 0.350 e. The summed E-state index contributed by atoms with van der Waals surface area (Å²) >= 11 is 0. The molecule has 0 unspecified atom stereocenters. The smallest absolute Gasteiger partial charge is 0.242 e. The van der Waals surface area contributed by atoms with Crippen LogP contribution in [0.5, 0.6) is 0 Å². The molecule has 84 valence electrons. The fraction of sp³-hybridized carbons (Fsp3) is 0.500. The van der Waals surface area contributed by atoms with Crippen molar-refractivity contribution in [3.05, 3.63) is 12.4 Å². The quantitative estimate of drug-likeness (QED) is 0.811. The van der Waals surface area contributed by atoms with E-state index in [4.69, 9.17) is 0 Å². The van der Waals surface area contributed by atoms with Crippen LogP contribution in [0.2, 0.25) is 0 Å². The molecular weight excluding hydrogens is 204 g/mol. The first kappa shape index (κ1) is 9.38. The van der Waals surface area contributed by atoms with Gasteiger partial charge in [-0.1, -0.05) is 0 Å². The van der Waals surface area contributed by atoms with Crippen LogP contribution in [0.25, 0.3) is 11.4 Å². The average molecular weight is 218 g/mol. The third-order valence-electron chi connectivity index (χ3n) is 2.90. The van der Waals surface area contributed by atoms with Gasteiger partial charge in [0, 0.05) is 19.3 Å². The first-order valence-corrected chi connectivity index (χ1v) is 5.49. The van der Waals surface area contributed by atoms with Crippen LogP contribution in [-0.2, 0) is 7.05 Å². The molecule has 0 spiro atoms. The molecule has 0 bridgehead atoms. The highest BCUT2D eigenvalue weighted by atomic mass is 15.3. The molecule has 2 N–H and O–H groups in total. The molecule has 2 aromatic heterocycles. The minimum Gasteiger partial charge on any atom is -0.350 e. The molecule has 0 aromatic carbocycles. The number of hydrogen-bond acceptors (Lipinski definition) is 4. The number of nitrogens with zero attached hydrogens (tertiary/aromatic N) is 4. The van der Waals surface area contributed by atoms with Crippen LogP contribution >= 0.6 is 0 Å². The second-order valence-electron chi connectivity index (χ2n) is 4.18. The zero-order valence-corrected chi connectivity index (χ0v) is 9.14. The van der Waals surface area contributed by atoms with E-state index < -0.39 is 0 Å². The predicted molar refractivity (Wildman–Crippen MR) is 59.8 cm³/mol. The molecule has 0 radical (unpaired) electrons. The van der Waals surface area contributed by atoms with Gasteiger partial charge in [-0.25, -0.2) is 0 Å². The lowest BCUT2D eigenvalue weighted by atomic mass is 9.93. The lowest BCUT2D eigenvalue weighted by molar-refractivity contribution is 0.443. The zero-order chi connectivity index (χ0) is 11.0. The molecule has 16 heavy (non-hydrogen) atoms. The highest BCUT2D eigenvalue weighted by molar-refractivity contribution is 5.53. The van der Waals surface area contributed by atoms with Gasteiger partial charge >= 0.3 is 0 Å². The Morgan fingerprint density at radius 3 is 3.00 bits per heavy atom. The normalized spacial score (nSPS) is 16.1. The third-order valence-corrected chi connectivity index (χ3v) is 2.90. The molecule has 2 heterocycles. The second kappa shape index (κ2) is 3.62. The number of anilines is 1. The van der Waals surface area contributed by atoms with Gasteiger partial charge in [0.2, 0.25) is 5.95 Å². The highest BCUT2D eigenvalue weighted by Gasteiger charge is 2.18. The van der Waals surface area contributed by atoms with Crippen LogP contribution in [-0.4, -0.2) is 31.0 Å². The summed E-state index contributed by atoms with van der Waals surface area (Å²) < 4.78 is 1.75. The van der Waals surface area contributed by atoms with E-state index in [0.29, 0.717) is 12.0 Å². The monoisotopic (exact) mass is 218 g/mol. The van der Waals surface area contributed by atoms with Crippen LogP contribution in [0.4, 0.5) is 5.95 Å². The van der Waals surface area contributed by atoms with E-state index in [2.05, 4.69) is 25.6 Å². The summed E-state index contributed by atoms with van der Waals surface area (Å²) in [5.74, 6) is 1.44. The van der Waals surface area contributed by atoms with Gasteiger partial charge in [0.15, 0.2) is 5.82 Å². The molecule has 6 heteroatoms. The van der Waals surface area contributed by atoms with Crippen molar-refractivity contribution in [1.82, 2.24) is 25.0 Å². The Labute approximate surface area is 93.1 Å². The van der Waals surface area contributed by atoms with E-state index in [1.54, 1.807) is 10.9 Å². The lowest BCUT2D eigenvalue weighted by Crippen LogP contribution is -2.27. The number of nitrogens with one attached hydrogen (secondary N) is 2. The van der Waals surface area contributed by atoms with E-state index >= 15 is 0 Å². The van der Waals surface area contributed by atoms with E-state index in [9.17, 15) is 0 Å². The molecule has 1 aliphatic rings. The second-order valence-corrected chi connectivity index (χ2v) is 4.18. The Morgan fingerprint density at radius 1 is 1.50 bits per heavy atom. The lowest BCUT2D eigenvalue weighted by Gasteiger charge is -2.25. The van der Waals surface area contributed by atoms with E-state index in [1.807, 2.05) is 13.2 Å². The van der Waals surface area contributed by atoms with Crippen LogP contribution in [0.1, 0.15) is 19.3 Å². The van der Waals surface area contributed by atoms with E-state index in [-0.39, 0.29) is 0 Å². The Morgan fingerprint density at radius 2 is 2.38 bits per heavy atom. The third kappa shape index (κ3) is 1.66. The van der Waals surface area contributed by atoms with Crippen molar-refractivity contribution in [2.24, 2.45) is 7.05 Å². The van der Waals surface area contributed by atoms with Gasteiger partial charge in [-0.15, -0.1) is 5.10 Å². The summed E-state index contributed by atoms with van der Waals surface area (Å²) in [7, 11) is 1.88. The molecular formula is C10H14N6. The molecule has 1 aliphatic carbocycles. The average Bonchev–Trinajstić information content (AvgIpc) is 2.80. The highest BCUT2D eigenvalue weighted by Crippen LogP contribution is 2.22. The standard InChI is InChI=1S/C10H14N6/c1-16-6-7(5-11-16)9-13-10(15-14-9)12-8-3-2-4-8/h5-6,8H,2-4H2,1H3,(H2,12,13,14,15). The maximum absolute atomic E-state index is 4.38. The molecule has 2 aromatic rings. The molecule has 1 saturated carbocycles. The van der Waals surface area contributed by atoms with Gasteiger partial charge in [0.1, 0.15) is 0 Å². The summed E-state index contributed by atoms with van der Waals surface area (Å²) in [4.78, 5) is 4.38. The molecule has 0 aliphatic heterocycles. The van der Waals surface area contributed by atoms with Gasteiger partial charge in [0.25, 0.3) is 0 Å². The van der Waals surface area contributed by atoms with Gasteiger partial charge in [0.05, 0.1) is 11.8 Å². The van der Waals surface area contributed by atoms with Crippen molar-refractivity contribution < 1.29 is 0 Å². The van der Waals surface area contributed by atoms with Gasteiger partial charge in [-0.05, 0) is 19.3 Å². The first-order chi connectivity index (χ1) is 7.81. The van der Waals surface area contributed by atoms with E-state index in [1.165, 1.54) is 19.3 Å². The summed E-state index contributed by atoms with van der Waals surface area (Å²) in [6.07, 6.45) is 7.42. The number of H-pyrrole nitrogens is 1. The Balaban J connectivity index is 1.76. The SMILES string of the molecule is Cn1cc(-c2nc(NC3CCC3)n[nH]2)cn1. The topological polar surface area (TPSA) is 71.4 Å². The summed E-state index contributed by atoms with van der Waals surface area (Å²) in [6, 6.07) is 0.553. The number of rotatable bonds is 3. The predicted octanol–water partition coefficient (Wildman–Crippen LogP) is 1.17. The van der Waals surface area contributed by atoms with Crippen LogP contribution < -0.4 is 5.32 Å². The molecule has 0 amide bonds. The number of aromatic amines is 1. The van der Waals surface area contributed by atoms with Crippen molar-refractivity contribution in [2.45, 2.75) is 25.3 Å². The van der Waals surface area contributed by atoms with Crippen molar-refractivity contribution in [2.75, 3.05) is 5.32 Å². The Kier molecular flexibility index (Phi) is 2.12. The fourth-order valence-corrected chi connectivity index (χ4v) is 1.73. The van der Waals surface area contributed by atoms with Crippen LogP contribution in [0.15, 0.2) is 12.4 Å². The van der Waals surface area contributed by atoms with Crippen LogP contribution in [0, 0.1) is 0 Å². The van der Waals surface area contributed by atoms with Crippen molar-refractivity contribution in [3.63, 3.8) is 0 Å². The molecule has 6 nitrogen and oxygen atoms in total. The minimum atomic E-state index is 0.553. The fourth-order valence-electron chi connectivity index (χ4n) is 1.73. The summed E-state index contributed by atoms with van der Waals surface area (Å²) in [5.41, 5.74) is 0.955. The molecule has 3 rings (SSSR count). The Bertz CT molecular complexity index is 481.